The van der Waals surface area contributed by atoms with Crippen LogP contribution in [0.1, 0.15) is 12.5 Å². The zero-order valence-corrected chi connectivity index (χ0v) is 13.2. The van der Waals surface area contributed by atoms with Crippen molar-refractivity contribution in [1.29, 1.82) is 0 Å². The van der Waals surface area contributed by atoms with Crippen molar-refractivity contribution in [3.05, 3.63) is 53.8 Å². The molecule has 2 aromatic carbocycles. The molecule has 0 fully saturated rings. The zero-order valence-electron chi connectivity index (χ0n) is 13.2. The summed E-state index contributed by atoms with van der Waals surface area (Å²) in [6.45, 7) is 2.41. The van der Waals surface area contributed by atoms with Crippen molar-refractivity contribution in [1.82, 2.24) is 0 Å². The molecule has 0 saturated carbocycles. The molecule has 0 aromatic heterocycles. The first-order chi connectivity index (χ1) is 11.5. The number of nitrogens with zero attached hydrogens (tertiary/aromatic N) is 1. The molecule has 0 unspecified atom stereocenters. The molecule has 1 aliphatic rings. The van der Waals surface area contributed by atoms with E-state index < -0.39 is 0 Å². The average Bonchev–Trinajstić information content (AvgIpc) is 2.54. The first-order valence-electron chi connectivity index (χ1n) is 7.62. The first-order valence-corrected chi connectivity index (χ1v) is 7.62. The molecule has 1 aliphatic heterocycles. The Labute approximate surface area is 139 Å². The van der Waals surface area contributed by atoms with Crippen LogP contribution in [0.2, 0.25) is 0 Å². The highest BCUT2D eigenvalue weighted by atomic mass is 19.1. The lowest BCUT2D eigenvalue weighted by Gasteiger charge is -2.29. The third-order valence-electron chi connectivity index (χ3n) is 3.74. The van der Waals surface area contributed by atoms with E-state index in [-0.39, 0.29) is 24.1 Å². The quantitative estimate of drug-likeness (QED) is 0.942. The van der Waals surface area contributed by atoms with Crippen LogP contribution in [0, 0.1) is 5.82 Å². The maximum Gasteiger partial charge on any atom is 0.228 e. The summed E-state index contributed by atoms with van der Waals surface area (Å²) in [6.07, 6.45) is 0.0712. The largest absolute Gasteiger partial charge is 0.490 e. The van der Waals surface area contributed by atoms with Crippen molar-refractivity contribution in [2.75, 3.05) is 23.4 Å². The molecule has 0 aliphatic carbocycles. The Bertz CT molecular complexity index is 792. The molecule has 0 radical (unpaired) electrons. The van der Waals surface area contributed by atoms with Crippen LogP contribution in [0.15, 0.2) is 42.5 Å². The minimum absolute atomic E-state index is 0.0712. The van der Waals surface area contributed by atoms with Crippen LogP contribution in [-0.4, -0.2) is 25.0 Å². The summed E-state index contributed by atoms with van der Waals surface area (Å²) in [5.41, 5.74) is 1.79. The summed E-state index contributed by atoms with van der Waals surface area (Å²) >= 11 is 0. The molecule has 1 heterocycles. The topological polar surface area (TPSA) is 58.6 Å². The van der Waals surface area contributed by atoms with Crippen LogP contribution in [0.4, 0.5) is 15.8 Å². The molecule has 0 atom stereocenters. The van der Waals surface area contributed by atoms with Gasteiger partial charge in [-0.2, -0.15) is 0 Å². The van der Waals surface area contributed by atoms with E-state index in [9.17, 15) is 14.0 Å². The van der Waals surface area contributed by atoms with Gasteiger partial charge in [0.2, 0.25) is 11.8 Å². The maximum absolute atomic E-state index is 13.2. The number of fused-ring (bicyclic) bond motifs is 1. The van der Waals surface area contributed by atoms with Gasteiger partial charge in [-0.15, -0.1) is 0 Å². The molecule has 0 saturated heterocycles. The standard InChI is InChI=1S/C18H17FN2O3/c1-12(22)21-7-8-24-17-6-5-15(11-16(17)21)20-18(23)10-13-3-2-4-14(19)9-13/h2-6,9,11H,7-8,10H2,1H3,(H,20,23). The molecule has 24 heavy (non-hydrogen) atoms. The minimum Gasteiger partial charge on any atom is -0.490 e. The number of hydrogen-bond donors (Lipinski definition) is 1. The summed E-state index contributed by atoms with van der Waals surface area (Å²) in [4.78, 5) is 25.5. The van der Waals surface area contributed by atoms with Crippen molar-refractivity contribution >= 4 is 23.2 Å². The molecule has 3 rings (SSSR count). The lowest BCUT2D eigenvalue weighted by molar-refractivity contribution is -0.117. The second kappa shape index (κ2) is 6.70. The highest BCUT2D eigenvalue weighted by Gasteiger charge is 2.21. The van der Waals surface area contributed by atoms with E-state index in [1.54, 1.807) is 35.2 Å². The lowest BCUT2D eigenvalue weighted by atomic mass is 10.1. The van der Waals surface area contributed by atoms with Gasteiger partial charge in [-0.3, -0.25) is 9.59 Å². The predicted molar refractivity (Wildman–Crippen MR) is 88.7 cm³/mol. The highest BCUT2D eigenvalue weighted by molar-refractivity contribution is 5.97. The van der Waals surface area contributed by atoms with E-state index in [1.165, 1.54) is 19.1 Å². The summed E-state index contributed by atoms with van der Waals surface area (Å²) in [5, 5.41) is 2.76. The van der Waals surface area contributed by atoms with Crippen LogP contribution in [0.5, 0.6) is 5.75 Å². The second-order valence-corrected chi connectivity index (χ2v) is 5.56. The number of hydrogen-bond acceptors (Lipinski definition) is 3. The van der Waals surface area contributed by atoms with Crippen molar-refractivity contribution in [3.8, 4) is 5.75 Å². The maximum atomic E-state index is 13.2. The van der Waals surface area contributed by atoms with Gasteiger partial charge in [0.15, 0.2) is 0 Å². The summed E-state index contributed by atoms with van der Waals surface area (Å²) in [6, 6.07) is 11.1. The Balaban J connectivity index is 1.75. The van der Waals surface area contributed by atoms with Gasteiger partial charge in [0.25, 0.3) is 0 Å². The Morgan fingerprint density at radius 1 is 1.25 bits per heavy atom. The van der Waals surface area contributed by atoms with Crippen LogP contribution in [0.3, 0.4) is 0 Å². The van der Waals surface area contributed by atoms with Crippen LogP contribution in [-0.2, 0) is 16.0 Å². The van der Waals surface area contributed by atoms with E-state index in [4.69, 9.17) is 4.74 Å². The Morgan fingerprint density at radius 2 is 2.08 bits per heavy atom. The van der Waals surface area contributed by atoms with Gasteiger partial charge < -0.3 is 15.0 Å². The number of carbonyl (C=O) groups is 2. The minimum atomic E-state index is -0.372. The molecule has 1 N–H and O–H groups in total. The number of benzene rings is 2. The number of nitrogens with one attached hydrogen (secondary N) is 1. The molecule has 6 heteroatoms. The third-order valence-corrected chi connectivity index (χ3v) is 3.74. The van der Waals surface area contributed by atoms with E-state index in [0.29, 0.717) is 35.8 Å². The number of halogens is 1. The predicted octanol–water partition coefficient (Wildman–Crippen LogP) is 2.75. The second-order valence-electron chi connectivity index (χ2n) is 5.56. The Kier molecular flexibility index (Phi) is 4.46. The number of ether oxygens (including phenoxy) is 1. The van der Waals surface area contributed by atoms with Crippen molar-refractivity contribution in [2.24, 2.45) is 0 Å². The van der Waals surface area contributed by atoms with Crippen LogP contribution in [0.25, 0.3) is 0 Å². The Morgan fingerprint density at radius 3 is 2.83 bits per heavy atom. The average molecular weight is 328 g/mol. The van der Waals surface area contributed by atoms with Gasteiger partial charge >= 0.3 is 0 Å². The lowest BCUT2D eigenvalue weighted by Crippen LogP contribution is -2.36. The van der Waals surface area contributed by atoms with Gasteiger partial charge in [-0.05, 0) is 35.9 Å². The van der Waals surface area contributed by atoms with Crippen LogP contribution >= 0.6 is 0 Å². The fraction of sp³-hybridized carbons (Fsp3) is 0.222. The first kappa shape index (κ1) is 16.0. The number of amides is 2. The summed E-state index contributed by atoms with van der Waals surface area (Å²) < 4.78 is 18.7. The summed E-state index contributed by atoms with van der Waals surface area (Å²) in [7, 11) is 0. The van der Waals surface area contributed by atoms with Crippen molar-refractivity contribution in [3.63, 3.8) is 0 Å². The summed E-state index contributed by atoms with van der Waals surface area (Å²) in [5.74, 6) is -0.0997. The molecule has 0 spiro atoms. The van der Waals surface area contributed by atoms with E-state index >= 15 is 0 Å². The Hall–Kier alpha value is -2.89. The highest BCUT2D eigenvalue weighted by Crippen LogP contribution is 2.34. The van der Waals surface area contributed by atoms with Gasteiger partial charge in [-0.25, -0.2) is 4.39 Å². The fourth-order valence-corrected chi connectivity index (χ4v) is 2.66. The van der Waals surface area contributed by atoms with E-state index in [1.807, 2.05) is 0 Å². The van der Waals surface area contributed by atoms with Crippen LogP contribution < -0.4 is 15.0 Å². The van der Waals surface area contributed by atoms with Gasteiger partial charge in [0, 0.05) is 12.6 Å². The molecule has 5 nitrogen and oxygen atoms in total. The third kappa shape index (κ3) is 3.53. The number of carbonyl (C=O) groups excluding carboxylic acids is 2. The smallest absolute Gasteiger partial charge is 0.228 e. The van der Waals surface area contributed by atoms with Gasteiger partial charge in [0.05, 0.1) is 18.7 Å². The zero-order chi connectivity index (χ0) is 17.1. The molecule has 0 bridgehead atoms. The molecule has 2 amide bonds. The fourth-order valence-electron chi connectivity index (χ4n) is 2.66. The van der Waals surface area contributed by atoms with Gasteiger partial charge in [-0.1, -0.05) is 12.1 Å². The number of rotatable bonds is 3. The van der Waals surface area contributed by atoms with E-state index in [0.717, 1.165) is 0 Å². The molecular weight excluding hydrogens is 311 g/mol. The van der Waals surface area contributed by atoms with Gasteiger partial charge in [0.1, 0.15) is 18.2 Å². The number of anilines is 2. The van der Waals surface area contributed by atoms with E-state index in [2.05, 4.69) is 5.32 Å². The normalized spacial score (nSPS) is 13.0. The molecular formula is C18H17FN2O3. The van der Waals surface area contributed by atoms with Crippen molar-refractivity contribution < 1.29 is 18.7 Å². The molecule has 124 valence electrons. The van der Waals surface area contributed by atoms with Crippen molar-refractivity contribution in [2.45, 2.75) is 13.3 Å². The SMILES string of the molecule is CC(=O)N1CCOc2ccc(NC(=O)Cc3cccc(F)c3)cc21. The monoisotopic (exact) mass is 328 g/mol. The molecule has 2 aromatic rings.